The summed E-state index contributed by atoms with van der Waals surface area (Å²) >= 11 is 0. The van der Waals surface area contributed by atoms with E-state index >= 15 is 0 Å². The SMILES string of the molecule is CC(C)(C)[N+]([O-])=CC1C=CC=CC1=S(=O)=O. The van der Waals surface area contributed by atoms with Crippen LogP contribution in [-0.4, -0.2) is 29.8 Å². The first kappa shape index (κ1) is 12.7. The molecule has 0 aromatic rings. The molecule has 1 atom stereocenters. The van der Waals surface area contributed by atoms with Gasteiger partial charge in [0.1, 0.15) is 0 Å². The standard InChI is InChI=1S/C11H15NO3S/c1-11(2,3)12(13)8-9-6-4-5-7-10(9)16(14)15/h4-9H,1-3H3. The molecular weight excluding hydrogens is 226 g/mol. The molecule has 1 rings (SSSR count). The average Bonchev–Trinajstić information content (AvgIpc) is 2.16. The van der Waals surface area contributed by atoms with Crippen molar-refractivity contribution in [3.63, 3.8) is 0 Å². The third kappa shape index (κ3) is 3.06. The van der Waals surface area contributed by atoms with Crippen LogP contribution in [0, 0.1) is 11.1 Å². The zero-order valence-electron chi connectivity index (χ0n) is 9.54. The quantitative estimate of drug-likeness (QED) is 0.227. The third-order valence-corrected chi connectivity index (χ3v) is 2.96. The maximum Gasteiger partial charge on any atom is 0.218 e. The normalized spacial score (nSPS) is 21.3. The summed E-state index contributed by atoms with van der Waals surface area (Å²) in [5.41, 5.74) is -0.565. The highest BCUT2D eigenvalue weighted by Crippen LogP contribution is 2.10. The second-order valence-electron chi connectivity index (χ2n) is 4.55. The van der Waals surface area contributed by atoms with Crippen molar-refractivity contribution in [2.45, 2.75) is 26.3 Å². The van der Waals surface area contributed by atoms with E-state index in [9.17, 15) is 13.6 Å². The van der Waals surface area contributed by atoms with Crippen LogP contribution in [0.15, 0.2) is 24.3 Å². The lowest BCUT2D eigenvalue weighted by atomic mass is 10.0. The van der Waals surface area contributed by atoms with Gasteiger partial charge in [0.25, 0.3) is 0 Å². The maximum absolute atomic E-state index is 11.7. The van der Waals surface area contributed by atoms with Gasteiger partial charge in [-0.2, -0.15) is 8.42 Å². The molecule has 4 nitrogen and oxygen atoms in total. The van der Waals surface area contributed by atoms with Crippen molar-refractivity contribution in [2.75, 3.05) is 0 Å². The molecule has 0 radical (unpaired) electrons. The van der Waals surface area contributed by atoms with E-state index in [0.717, 1.165) is 4.74 Å². The first-order valence-electron chi connectivity index (χ1n) is 4.95. The summed E-state index contributed by atoms with van der Waals surface area (Å²) in [6.45, 7) is 5.31. The maximum atomic E-state index is 11.7. The average molecular weight is 241 g/mol. The van der Waals surface area contributed by atoms with Gasteiger partial charge in [-0.25, -0.2) is 4.74 Å². The lowest BCUT2D eigenvalue weighted by molar-refractivity contribution is -0.532. The van der Waals surface area contributed by atoms with Crippen molar-refractivity contribution in [1.29, 1.82) is 0 Å². The molecule has 0 heterocycles. The minimum absolute atomic E-state index is 0.215. The topological polar surface area (TPSA) is 60.2 Å². The summed E-state index contributed by atoms with van der Waals surface area (Å²) in [5.74, 6) is -0.472. The van der Waals surface area contributed by atoms with Gasteiger partial charge in [0.05, 0.1) is 10.8 Å². The number of nitrogens with zero attached hydrogens (tertiary/aromatic N) is 1. The van der Waals surface area contributed by atoms with Crippen LogP contribution in [0.2, 0.25) is 0 Å². The fourth-order valence-electron chi connectivity index (χ4n) is 1.20. The van der Waals surface area contributed by atoms with E-state index in [1.165, 1.54) is 12.3 Å². The molecule has 0 aromatic carbocycles. The number of hydrogen-bond acceptors (Lipinski definition) is 3. The van der Waals surface area contributed by atoms with E-state index < -0.39 is 21.8 Å². The molecule has 5 heteroatoms. The third-order valence-electron chi connectivity index (χ3n) is 2.17. The van der Waals surface area contributed by atoms with E-state index in [4.69, 9.17) is 0 Å². The van der Waals surface area contributed by atoms with Gasteiger partial charge >= 0.3 is 0 Å². The number of hydrogen-bond donors (Lipinski definition) is 0. The summed E-state index contributed by atoms with van der Waals surface area (Å²) < 4.78 is 22.7. The zero-order valence-corrected chi connectivity index (χ0v) is 10.4. The van der Waals surface area contributed by atoms with Crippen molar-refractivity contribution in [2.24, 2.45) is 5.92 Å². The monoisotopic (exact) mass is 241 g/mol. The smallest absolute Gasteiger partial charge is 0.218 e. The first-order valence-corrected chi connectivity index (χ1v) is 6.02. The molecule has 88 valence electrons. The van der Waals surface area contributed by atoms with Crippen molar-refractivity contribution >= 4 is 21.4 Å². The Morgan fingerprint density at radius 1 is 1.38 bits per heavy atom. The lowest BCUT2D eigenvalue weighted by Crippen LogP contribution is -2.32. The van der Waals surface area contributed by atoms with Gasteiger partial charge in [-0.05, 0) is 6.08 Å². The second kappa shape index (κ2) is 4.65. The Hall–Kier alpha value is -1.36. The van der Waals surface area contributed by atoms with Gasteiger partial charge in [0.2, 0.25) is 10.3 Å². The lowest BCUT2D eigenvalue weighted by Gasteiger charge is -2.20. The fraction of sp³-hybridized carbons (Fsp3) is 0.455. The molecule has 0 saturated heterocycles. The molecule has 16 heavy (non-hydrogen) atoms. The minimum Gasteiger partial charge on any atom is -0.624 e. The highest BCUT2D eigenvalue weighted by molar-refractivity contribution is 7.73. The molecule has 1 aliphatic rings. The summed E-state index contributed by atoms with van der Waals surface area (Å²) in [6.07, 6.45) is 7.93. The summed E-state index contributed by atoms with van der Waals surface area (Å²) in [7, 11) is -2.29. The van der Waals surface area contributed by atoms with Crippen LogP contribution in [0.3, 0.4) is 0 Å². The van der Waals surface area contributed by atoms with Crippen LogP contribution < -0.4 is 0 Å². The van der Waals surface area contributed by atoms with Crippen LogP contribution in [0.1, 0.15) is 20.8 Å². The Kier molecular flexibility index (Phi) is 3.70. The molecule has 0 N–H and O–H groups in total. The predicted molar refractivity (Wildman–Crippen MR) is 65.1 cm³/mol. The predicted octanol–water partition coefficient (Wildman–Crippen LogP) is 1.16. The van der Waals surface area contributed by atoms with Gasteiger partial charge in [0, 0.05) is 20.8 Å². The van der Waals surface area contributed by atoms with Gasteiger partial charge in [-0.3, -0.25) is 0 Å². The Balaban J connectivity index is 3.12. The van der Waals surface area contributed by atoms with E-state index in [1.807, 2.05) is 0 Å². The minimum atomic E-state index is -2.29. The second-order valence-corrected chi connectivity index (χ2v) is 5.49. The summed E-state index contributed by atoms with van der Waals surface area (Å²) in [5, 5.41) is 11.7. The zero-order chi connectivity index (χ0) is 12.3. The Labute approximate surface area is 96.7 Å². The van der Waals surface area contributed by atoms with Crippen molar-refractivity contribution < 1.29 is 13.2 Å². The number of hydroxylamine groups is 1. The Bertz CT molecular complexity index is 482. The van der Waals surface area contributed by atoms with Crippen LogP contribution in [0.5, 0.6) is 0 Å². The van der Waals surface area contributed by atoms with E-state index in [-0.39, 0.29) is 4.86 Å². The molecule has 0 bridgehead atoms. The molecule has 0 fully saturated rings. The Morgan fingerprint density at radius 2 is 2.00 bits per heavy atom. The van der Waals surface area contributed by atoms with Crippen LogP contribution in [-0.2, 0) is 10.3 Å². The molecular formula is C11H15NO3S. The van der Waals surface area contributed by atoms with Gasteiger partial charge in [-0.1, -0.05) is 18.2 Å². The van der Waals surface area contributed by atoms with Gasteiger partial charge < -0.3 is 5.21 Å². The van der Waals surface area contributed by atoms with E-state index in [0.29, 0.717) is 0 Å². The van der Waals surface area contributed by atoms with E-state index in [1.54, 1.807) is 39.0 Å². The molecule has 0 amide bonds. The first-order chi connectivity index (χ1) is 7.32. The molecule has 1 aliphatic carbocycles. The summed E-state index contributed by atoms with van der Waals surface area (Å²) in [4.78, 5) is 0.215. The number of allylic oxidation sites excluding steroid dienone is 4. The molecule has 0 spiro atoms. The molecule has 0 aliphatic heterocycles. The number of rotatable bonds is 1. The highest BCUT2D eigenvalue weighted by atomic mass is 32.2. The Morgan fingerprint density at radius 3 is 2.50 bits per heavy atom. The van der Waals surface area contributed by atoms with E-state index in [2.05, 4.69) is 0 Å². The van der Waals surface area contributed by atoms with Gasteiger partial charge in [-0.15, -0.1) is 0 Å². The van der Waals surface area contributed by atoms with Crippen molar-refractivity contribution in [1.82, 2.24) is 0 Å². The van der Waals surface area contributed by atoms with Crippen molar-refractivity contribution in [3.05, 3.63) is 29.5 Å². The van der Waals surface area contributed by atoms with Crippen LogP contribution >= 0.6 is 0 Å². The largest absolute Gasteiger partial charge is 0.624 e. The summed E-state index contributed by atoms with van der Waals surface area (Å²) in [6, 6.07) is 0. The molecule has 0 saturated carbocycles. The highest BCUT2D eigenvalue weighted by Gasteiger charge is 2.22. The fourth-order valence-corrected chi connectivity index (χ4v) is 1.75. The molecule has 0 aromatic heterocycles. The van der Waals surface area contributed by atoms with Gasteiger partial charge in [0.15, 0.2) is 11.8 Å². The van der Waals surface area contributed by atoms with Crippen LogP contribution in [0.25, 0.3) is 0 Å². The van der Waals surface area contributed by atoms with Crippen LogP contribution in [0.4, 0.5) is 0 Å². The van der Waals surface area contributed by atoms with Crippen molar-refractivity contribution in [3.8, 4) is 0 Å². The molecule has 1 unspecified atom stereocenters.